The summed E-state index contributed by atoms with van der Waals surface area (Å²) in [7, 11) is 0. The van der Waals surface area contributed by atoms with Crippen LogP contribution in [-0.4, -0.2) is 77.3 Å². The van der Waals surface area contributed by atoms with Crippen LogP contribution in [0.1, 0.15) is 65.8 Å². The lowest BCUT2D eigenvalue weighted by Crippen LogP contribution is -2.44. The zero-order valence-corrected chi connectivity index (χ0v) is 23.1. The number of nitrogens with one attached hydrogen (secondary N) is 2. The van der Waals surface area contributed by atoms with Crippen LogP contribution in [0.25, 0.3) is 0 Å². The number of hydrogen-bond acceptors (Lipinski definition) is 7. The Morgan fingerprint density at radius 2 is 2.00 bits per heavy atom. The Balaban J connectivity index is 1.30. The van der Waals surface area contributed by atoms with E-state index in [4.69, 9.17) is 9.72 Å². The van der Waals surface area contributed by atoms with E-state index in [9.17, 15) is 27.9 Å². The van der Waals surface area contributed by atoms with Crippen LogP contribution in [0.5, 0.6) is 0 Å². The number of anilines is 1. The van der Waals surface area contributed by atoms with Gasteiger partial charge in [0, 0.05) is 38.1 Å². The standard InChI is InChI=1S/C29H38F3N5O4/c30-29(31,32)23-7-4-13-33-25(23)27(38)36-24(28(39)40)12-16-37(17-18-41-19-20-8-9-20)15-2-1-6-22-11-10-21-5-3-14-34-26(21)35-22/h4,7,10-11,13,20,24H,1-3,5-6,8-9,12,14-19H2,(H,34,35)(H,36,38)(H,39,40). The number of rotatable bonds is 16. The summed E-state index contributed by atoms with van der Waals surface area (Å²) >= 11 is 0. The van der Waals surface area contributed by atoms with Crippen molar-refractivity contribution in [1.82, 2.24) is 20.2 Å². The van der Waals surface area contributed by atoms with E-state index in [0.717, 1.165) is 68.5 Å². The van der Waals surface area contributed by atoms with Gasteiger partial charge in [0.05, 0.1) is 12.2 Å². The van der Waals surface area contributed by atoms with Crippen molar-refractivity contribution >= 4 is 17.7 Å². The van der Waals surface area contributed by atoms with Gasteiger partial charge in [0.25, 0.3) is 5.91 Å². The Kier molecular flexibility index (Phi) is 10.9. The minimum Gasteiger partial charge on any atom is -0.480 e. The van der Waals surface area contributed by atoms with E-state index in [2.05, 4.69) is 32.7 Å². The Morgan fingerprint density at radius 3 is 2.76 bits per heavy atom. The third kappa shape index (κ3) is 9.67. The first kappa shape index (κ1) is 30.7. The van der Waals surface area contributed by atoms with Gasteiger partial charge in [-0.1, -0.05) is 6.07 Å². The molecular weight excluding hydrogens is 539 g/mol. The van der Waals surface area contributed by atoms with Gasteiger partial charge in [0.2, 0.25) is 0 Å². The Morgan fingerprint density at radius 1 is 1.17 bits per heavy atom. The van der Waals surface area contributed by atoms with Crippen molar-refractivity contribution in [3.63, 3.8) is 0 Å². The molecule has 3 heterocycles. The number of fused-ring (bicyclic) bond motifs is 1. The summed E-state index contributed by atoms with van der Waals surface area (Å²) in [4.78, 5) is 34.9. The summed E-state index contributed by atoms with van der Waals surface area (Å²) < 4.78 is 45.8. The van der Waals surface area contributed by atoms with Gasteiger partial charge in [-0.05, 0) is 87.6 Å². The van der Waals surface area contributed by atoms with Crippen molar-refractivity contribution in [3.05, 3.63) is 53.0 Å². The van der Waals surface area contributed by atoms with Crippen LogP contribution in [0.3, 0.4) is 0 Å². The summed E-state index contributed by atoms with van der Waals surface area (Å²) in [6.07, 6.45) is 3.38. The zero-order chi connectivity index (χ0) is 29.2. The number of carboxylic acid groups (broad SMARTS) is 1. The van der Waals surface area contributed by atoms with Gasteiger partial charge in [-0.2, -0.15) is 13.2 Å². The van der Waals surface area contributed by atoms with E-state index >= 15 is 0 Å². The topological polar surface area (TPSA) is 117 Å². The van der Waals surface area contributed by atoms with Gasteiger partial charge >= 0.3 is 12.1 Å². The van der Waals surface area contributed by atoms with Crippen LogP contribution in [0, 0.1) is 5.92 Å². The van der Waals surface area contributed by atoms with E-state index in [-0.39, 0.29) is 6.42 Å². The number of unbranched alkanes of at least 4 members (excludes halogenated alkanes) is 1. The number of carbonyl (C=O) groups is 2. The van der Waals surface area contributed by atoms with Crippen molar-refractivity contribution in [3.8, 4) is 0 Å². The quantitative estimate of drug-likeness (QED) is 0.255. The fourth-order valence-electron chi connectivity index (χ4n) is 4.82. The number of aryl methyl sites for hydroxylation is 2. The number of aliphatic carboxylic acids is 1. The maximum Gasteiger partial charge on any atom is 0.418 e. The molecule has 0 spiro atoms. The largest absolute Gasteiger partial charge is 0.480 e. The average Bonchev–Trinajstić information content (AvgIpc) is 3.78. The molecule has 2 aliphatic rings. The van der Waals surface area contributed by atoms with Gasteiger partial charge in [0.1, 0.15) is 17.6 Å². The third-order valence-electron chi connectivity index (χ3n) is 7.38. The fraction of sp³-hybridized carbons (Fsp3) is 0.586. The zero-order valence-electron chi connectivity index (χ0n) is 23.1. The number of alkyl halides is 3. The second kappa shape index (κ2) is 14.6. The number of ether oxygens (including phenoxy) is 1. The number of hydrogen-bond donors (Lipinski definition) is 3. The monoisotopic (exact) mass is 577 g/mol. The molecule has 0 saturated heterocycles. The minimum atomic E-state index is -4.79. The van der Waals surface area contributed by atoms with Gasteiger partial charge in [-0.3, -0.25) is 9.78 Å². The Bertz CT molecular complexity index is 1180. The number of carboxylic acids is 1. The number of carbonyl (C=O) groups excluding carboxylic acids is 1. The Hall–Kier alpha value is -3.25. The lowest BCUT2D eigenvalue weighted by Gasteiger charge is -2.24. The highest BCUT2D eigenvalue weighted by molar-refractivity contribution is 5.96. The highest BCUT2D eigenvalue weighted by Crippen LogP contribution is 2.31. The van der Waals surface area contributed by atoms with Crippen LogP contribution >= 0.6 is 0 Å². The highest BCUT2D eigenvalue weighted by atomic mass is 19.4. The molecule has 1 amide bonds. The summed E-state index contributed by atoms with van der Waals surface area (Å²) in [5, 5.41) is 15.3. The number of pyridine rings is 2. The second-order valence-electron chi connectivity index (χ2n) is 10.7. The lowest BCUT2D eigenvalue weighted by molar-refractivity contribution is -0.139. The Labute approximate surface area is 237 Å². The van der Waals surface area contributed by atoms with E-state index in [1.54, 1.807) is 0 Å². The minimum absolute atomic E-state index is 0.0237. The first-order valence-corrected chi connectivity index (χ1v) is 14.3. The van der Waals surface area contributed by atoms with Crippen molar-refractivity contribution < 1.29 is 32.6 Å². The molecule has 9 nitrogen and oxygen atoms in total. The van der Waals surface area contributed by atoms with Gasteiger partial charge < -0.3 is 25.4 Å². The smallest absolute Gasteiger partial charge is 0.418 e. The molecule has 0 aromatic carbocycles. The van der Waals surface area contributed by atoms with E-state index in [1.807, 2.05) is 0 Å². The van der Waals surface area contributed by atoms with Crippen molar-refractivity contribution in [2.75, 3.05) is 44.7 Å². The maximum absolute atomic E-state index is 13.3. The molecule has 3 N–H and O–H groups in total. The first-order valence-electron chi connectivity index (χ1n) is 14.3. The molecule has 1 saturated carbocycles. The predicted octanol–water partition coefficient (Wildman–Crippen LogP) is 4.18. The maximum atomic E-state index is 13.3. The molecule has 2 aromatic rings. The molecule has 224 valence electrons. The SMILES string of the molecule is O=C(NC(CCN(CCCCc1ccc2c(n1)NCCC2)CCOCC1CC1)C(=O)O)c1ncccc1C(F)(F)F. The molecule has 0 radical (unpaired) electrons. The molecule has 12 heteroatoms. The molecule has 4 rings (SSSR count). The van der Waals surface area contributed by atoms with Crippen molar-refractivity contribution in [2.24, 2.45) is 5.92 Å². The van der Waals surface area contributed by atoms with E-state index in [0.29, 0.717) is 38.8 Å². The number of nitrogens with zero attached hydrogens (tertiary/aromatic N) is 3. The van der Waals surface area contributed by atoms with Gasteiger partial charge in [-0.25, -0.2) is 9.78 Å². The molecule has 1 atom stereocenters. The van der Waals surface area contributed by atoms with Crippen molar-refractivity contribution in [1.29, 1.82) is 0 Å². The molecule has 1 fully saturated rings. The fourth-order valence-corrected chi connectivity index (χ4v) is 4.82. The van der Waals surface area contributed by atoms with Gasteiger partial charge in [0.15, 0.2) is 0 Å². The van der Waals surface area contributed by atoms with Crippen molar-refractivity contribution in [2.45, 2.75) is 63.6 Å². The molecule has 2 aromatic heterocycles. The highest BCUT2D eigenvalue weighted by Gasteiger charge is 2.36. The van der Waals surface area contributed by atoms with E-state index in [1.165, 1.54) is 18.4 Å². The van der Waals surface area contributed by atoms with Crippen LogP contribution < -0.4 is 10.6 Å². The average molecular weight is 578 g/mol. The molecule has 1 unspecified atom stereocenters. The van der Waals surface area contributed by atoms with Crippen LogP contribution in [0.2, 0.25) is 0 Å². The summed E-state index contributed by atoms with van der Waals surface area (Å²) in [5.74, 6) is -0.892. The summed E-state index contributed by atoms with van der Waals surface area (Å²) in [5.41, 5.74) is 0.219. The number of aromatic nitrogens is 2. The third-order valence-corrected chi connectivity index (χ3v) is 7.38. The molecule has 1 aliphatic carbocycles. The summed E-state index contributed by atoms with van der Waals surface area (Å²) in [6, 6.07) is 4.66. The van der Waals surface area contributed by atoms with Gasteiger partial charge in [-0.15, -0.1) is 0 Å². The van der Waals surface area contributed by atoms with Crippen LogP contribution in [-0.2, 0) is 28.5 Å². The molecule has 41 heavy (non-hydrogen) atoms. The first-order chi connectivity index (χ1) is 19.7. The summed E-state index contributed by atoms with van der Waals surface area (Å²) in [6.45, 7) is 3.76. The molecule has 1 aliphatic heterocycles. The lowest BCUT2D eigenvalue weighted by atomic mass is 10.1. The predicted molar refractivity (Wildman–Crippen MR) is 147 cm³/mol. The van der Waals surface area contributed by atoms with Crippen LogP contribution in [0.4, 0.5) is 19.0 Å². The number of halogens is 3. The second-order valence-corrected chi connectivity index (χ2v) is 10.7. The normalized spacial score (nSPS) is 15.7. The van der Waals surface area contributed by atoms with E-state index < -0.39 is 35.4 Å². The molecular formula is C29H38F3N5O4. The molecule has 0 bridgehead atoms. The number of amides is 1. The van der Waals surface area contributed by atoms with Crippen LogP contribution in [0.15, 0.2) is 30.5 Å².